The molecule has 0 fully saturated rings. The van der Waals surface area contributed by atoms with Gasteiger partial charge in [-0.15, -0.1) is 0 Å². The van der Waals surface area contributed by atoms with Crippen molar-refractivity contribution in [3.8, 4) is 0 Å². The fraction of sp³-hybridized carbons (Fsp3) is 1.00. The van der Waals surface area contributed by atoms with Gasteiger partial charge in [-0.2, -0.15) is 0 Å². The molecule has 0 spiro atoms. The quantitative estimate of drug-likeness (QED) is 0.509. The summed E-state index contributed by atoms with van der Waals surface area (Å²) in [5.74, 6) is 0. The largest absolute Gasteiger partial charge is 0.379 e. The van der Waals surface area contributed by atoms with Crippen molar-refractivity contribution in [1.82, 2.24) is 0 Å². The minimum atomic E-state index is -2.55. The first kappa shape index (κ1) is 5.96. The van der Waals surface area contributed by atoms with E-state index in [1.165, 1.54) is 6.92 Å². The van der Waals surface area contributed by atoms with Gasteiger partial charge in [0.05, 0.1) is 31.9 Å². The van der Waals surface area contributed by atoms with Gasteiger partial charge in [-0.3, -0.25) is 0 Å². The highest BCUT2D eigenvalue weighted by Crippen LogP contribution is 1.88. The van der Waals surface area contributed by atoms with Gasteiger partial charge in [0.2, 0.25) is 0 Å². The Bertz CT molecular complexity index is 322. The molecule has 4 nitrogen and oxygen atoms in total. The van der Waals surface area contributed by atoms with Crippen LogP contribution >= 0.6 is 0 Å². The molecule has 0 saturated heterocycles. The smallest absolute Gasteiger partial charge is 0.0701 e. The Morgan fingerprint density at radius 2 is 1.47 bits per heavy atom. The molecule has 0 bridgehead atoms. The highest BCUT2D eigenvalue weighted by Gasteiger charge is 1.91. The van der Waals surface area contributed by atoms with E-state index in [0.717, 1.165) is 0 Å². The first-order valence-electron chi connectivity index (χ1n) is 8.89. The van der Waals surface area contributed by atoms with Gasteiger partial charge in [0.15, 0.2) is 0 Å². The molecule has 2 N–H and O–H groups in total. The maximum absolute atomic E-state index is 7.50. The van der Waals surface area contributed by atoms with Crippen LogP contribution in [0, 0.1) is 0 Å². The average molecular weight is 227 g/mol. The molecule has 0 amide bonds. The SMILES string of the molecule is [2H]C([2H])(CC)C([2H])([2H])OCCOCCOC([2H])([2H])C([2H])([2H])CN. The number of ether oxygens (including phenoxy) is 3. The summed E-state index contributed by atoms with van der Waals surface area (Å²) < 4.78 is 74.3. The molecule has 0 rings (SSSR count). The third-order valence-electron chi connectivity index (χ3n) is 1.23. The van der Waals surface area contributed by atoms with Crippen LogP contribution < -0.4 is 5.73 Å². The van der Waals surface area contributed by atoms with Crippen LogP contribution in [-0.4, -0.2) is 46.1 Å². The Morgan fingerprint density at radius 1 is 0.933 bits per heavy atom. The van der Waals surface area contributed by atoms with E-state index in [4.69, 9.17) is 30.9 Å². The molecule has 15 heavy (non-hydrogen) atoms. The monoisotopic (exact) mass is 227 g/mol. The summed E-state index contributed by atoms with van der Waals surface area (Å²) in [6.07, 6.45) is -4.47. The van der Waals surface area contributed by atoms with Crippen molar-refractivity contribution in [1.29, 1.82) is 0 Å². The number of hydrogen-bond donors (Lipinski definition) is 1. The summed E-state index contributed by atoms with van der Waals surface area (Å²) in [7, 11) is 0. The zero-order chi connectivity index (χ0) is 18.4. The fourth-order valence-electron chi connectivity index (χ4n) is 0.621. The van der Waals surface area contributed by atoms with Gasteiger partial charge in [0, 0.05) is 18.6 Å². The zero-order valence-electron chi connectivity index (χ0n) is 17.0. The molecule has 0 aromatic heterocycles. The minimum absolute atomic E-state index is 0.0323. The lowest BCUT2D eigenvalue weighted by Crippen LogP contribution is -2.11. The van der Waals surface area contributed by atoms with Crippen molar-refractivity contribution in [3.05, 3.63) is 0 Å². The highest BCUT2D eigenvalue weighted by atomic mass is 16.5. The van der Waals surface area contributed by atoms with E-state index in [1.54, 1.807) is 0 Å². The Kier molecular flexibility index (Phi) is 5.50. The van der Waals surface area contributed by atoms with E-state index in [0.29, 0.717) is 0 Å². The lowest BCUT2D eigenvalue weighted by atomic mass is 10.4. The summed E-state index contributed by atoms with van der Waals surface area (Å²) in [5.41, 5.74) is 5.14. The molecule has 0 aromatic carbocycles. The van der Waals surface area contributed by atoms with Gasteiger partial charge in [0.25, 0.3) is 0 Å². The maximum Gasteiger partial charge on any atom is 0.0701 e. The molecule has 0 aliphatic carbocycles. The van der Waals surface area contributed by atoms with E-state index >= 15 is 0 Å². The molecule has 0 radical (unpaired) electrons. The summed E-state index contributed by atoms with van der Waals surface area (Å²) in [6, 6.07) is 0. The van der Waals surface area contributed by atoms with Crippen molar-refractivity contribution in [2.24, 2.45) is 5.73 Å². The third-order valence-corrected chi connectivity index (χ3v) is 1.23. The van der Waals surface area contributed by atoms with Crippen LogP contribution in [0.4, 0.5) is 0 Å². The first-order chi connectivity index (χ1) is 10.3. The van der Waals surface area contributed by atoms with E-state index < -0.39 is 32.4 Å². The summed E-state index contributed by atoms with van der Waals surface area (Å²) in [4.78, 5) is 0. The molecular weight excluding hydrogens is 194 g/mol. The standard InChI is InChI=1S/C11H25NO3/c1-2-3-6-13-8-10-15-11-9-14-7-4-5-12/h2-12H2,1H3/i3D2,4D2,6D2,7D2. The van der Waals surface area contributed by atoms with Crippen molar-refractivity contribution in [2.75, 3.05) is 46.1 Å². The number of rotatable bonds is 12. The molecule has 0 aromatic rings. The van der Waals surface area contributed by atoms with Crippen molar-refractivity contribution in [3.63, 3.8) is 0 Å². The second kappa shape index (κ2) is 13.8. The zero-order valence-corrected chi connectivity index (χ0v) is 9.04. The van der Waals surface area contributed by atoms with Crippen molar-refractivity contribution < 1.29 is 25.2 Å². The Balaban J connectivity index is 3.96. The molecule has 0 unspecified atom stereocenters. The van der Waals surface area contributed by atoms with Gasteiger partial charge >= 0.3 is 0 Å². The first-order valence-corrected chi connectivity index (χ1v) is 4.89. The van der Waals surface area contributed by atoms with Gasteiger partial charge < -0.3 is 19.9 Å². The normalized spacial score (nSPS) is 22.5. The summed E-state index contributed by atoms with van der Waals surface area (Å²) in [6.45, 7) is -4.46. The predicted octanol–water partition coefficient (Wildman–Crippen LogP) is 1.19. The lowest BCUT2D eigenvalue weighted by Gasteiger charge is -2.06. The van der Waals surface area contributed by atoms with Crippen LogP contribution in [0.3, 0.4) is 0 Å². The molecule has 0 aliphatic heterocycles. The van der Waals surface area contributed by atoms with Crippen LogP contribution in [-0.2, 0) is 14.2 Å². The molecule has 0 saturated carbocycles. The van der Waals surface area contributed by atoms with Crippen molar-refractivity contribution >= 4 is 0 Å². The third kappa shape index (κ3) is 13.8. The maximum atomic E-state index is 7.50. The highest BCUT2D eigenvalue weighted by molar-refractivity contribution is 4.37. The van der Waals surface area contributed by atoms with E-state index in [1.807, 2.05) is 0 Å². The minimum Gasteiger partial charge on any atom is -0.379 e. The van der Waals surface area contributed by atoms with E-state index in [2.05, 4.69) is 0 Å². The van der Waals surface area contributed by atoms with Crippen LogP contribution in [0.1, 0.15) is 37.1 Å². The molecule has 0 atom stereocenters. The Labute approximate surface area is 104 Å². The van der Waals surface area contributed by atoms with Gasteiger partial charge in [-0.1, -0.05) is 13.3 Å². The summed E-state index contributed by atoms with van der Waals surface area (Å²) in [5, 5.41) is 0. The van der Waals surface area contributed by atoms with Crippen LogP contribution in [0.25, 0.3) is 0 Å². The number of hydrogen-bond acceptors (Lipinski definition) is 4. The number of nitrogens with two attached hydrogens (primary N) is 1. The lowest BCUT2D eigenvalue weighted by molar-refractivity contribution is 0.0139. The average Bonchev–Trinajstić information content (AvgIpc) is 2.45. The second-order valence-electron chi connectivity index (χ2n) is 2.42. The fourth-order valence-corrected chi connectivity index (χ4v) is 0.621. The van der Waals surface area contributed by atoms with Crippen LogP contribution in [0.2, 0.25) is 0 Å². The van der Waals surface area contributed by atoms with Crippen molar-refractivity contribution in [2.45, 2.75) is 26.1 Å². The molecule has 0 heterocycles. The molecular formula is C11H25NO3. The van der Waals surface area contributed by atoms with Gasteiger partial charge in [-0.25, -0.2) is 0 Å². The second-order valence-corrected chi connectivity index (χ2v) is 2.42. The van der Waals surface area contributed by atoms with E-state index in [-0.39, 0.29) is 32.8 Å². The van der Waals surface area contributed by atoms with Crippen LogP contribution in [0.5, 0.6) is 0 Å². The Hall–Kier alpha value is -0.160. The van der Waals surface area contributed by atoms with Gasteiger partial charge in [0.1, 0.15) is 0 Å². The molecule has 0 aliphatic rings. The molecule has 4 heteroatoms. The van der Waals surface area contributed by atoms with E-state index in [9.17, 15) is 0 Å². The van der Waals surface area contributed by atoms with Gasteiger partial charge in [-0.05, 0) is 19.3 Å². The van der Waals surface area contributed by atoms with Crippen LogP contribution in [0.15, 0.2) is 0 Å². The summed E-state index contributed by atoms with van der Waals surface area (Å²) >= 11 is 0. The Morgan fingerprint density at radius 3 is 2.00 bits per heavy atom. The topological polar surface area (TPSA) is 53.7 Å². The predicted molar refractivity (Wildman–Crippen MR) is 61.0 cm³/mol. The molecule has 92 valence electrons.